The number of carbonyl (C=O) groups is 2. The number of nitrogen functional groups attached to an aromatic ring is 1. The average Bonchev–Trinajstić information content (AvgIpc) is 3.34. The molecule has 40 heavy (non-hydrogen) atoms. The van der Waals surface area contributed by atoms with Crippen LogP contribution in [0.5, 0.6) is 6.01 Å². The number of nitrogens with zero attached hydrogens (tertiary/aromatic N) is 7. The highest BCUT2D eigenvalue weighted by Gasteiger charge is 2.32. The van der Waals surface area contributed by atoms with Crippen molar-refractivity contribution in [2.75, 3.05) is 43.4 Å². The van der Waals surface area contributed by atoms with Crippen molar-refractivity contribution < 1.29 is 19.4 Å². The maximum Gasteiger partial charge on any atom is 0.405 e. The summed E-state index contributed by atoms with van der Waals surface area (Å²) in [5.74, 6) is 0.875. The van der Waals surface area contributed by atoms with Crippen LogP contribution < -0.4 is 20.7 Å². The zero-order valence-electron chi connectivity index (χ0n) is 23.6. The Kier molecular flexibility index (Phi) is 9.22. The van der Waals surface area contributed by atoms with Crippen molar-refractivity contribution in [3.05, 3.63) is 35.3 Å². The second-order valence-electron chi connectivity index (χ2n) is 10.3. The van der Waals surface area contributed by atoms with Gasteiger partial charge < -0.3 is 30.7 Å². The predicted octanol–water partition coefficient (Wildman–Crippen LogP) is 2.51. The van der Waals surface area contributed by atoms with Crippen molar-refractivity contribution in [1.29, 1.82) is 0 Å². The molecule has 0 aromatic carbocycles. The number of amides is 2. The number of piperazine rings is 1. The number of imidazole rings is 1. The lowest BCUT2D eigenvalue weighted by atomic mass is 9.97. The van der Waals surface area contributed by atoms with Crippen LogP contribution in [-0.2, 0) is 11.2 Å². The van der Waals surface area contributed by atoms with E-state index in [1.165, 1.54) is 0 Å². The Bertz CT molecular complexity index is 1340. The summed E-state index contributed by atoms with van der Waals surface area (Å²) >= 11 is 0. The Hall–Kier alpha value is -4.16. The molecular weight excluding hydrogens is 514 g/mol. The third-order valence-corrected chi connectivity index (χ3v) is 7.31. The number of ether oxygens (including phenoxy) is 1. The molecule has 4 rings (SSSR count). The zero-order chi connectivity index (χ0) is 28.8. The smallest absolute Gasteiger partial charge is 0.405 e. The molecule has 1 aliphatic rings. The van der Waals surface area contributed by atoms with Gasteiger partial charge in [0.05, 0.1) is 18.5 Å². The van der Waals surface area contributed by atoms with Gasteiger partial charge in [0.25, 0.3) is 0 Å². The van der Waals surface area contributed by atoms with Crippen molar-refractivity contribution in [2.24, 2.45) is 5.92 Å². The van der Waals surface area contributed by atoms with E-state index in [1.807, 2.05) is 27.0 Å². The van der Waals surface area contributed by atoms with E-state index < -0.39 is 12.1 Å². The Labute approximate surface area is 233 Å². The highest BCUT2D eigenvalue weighted by molar-refractivity contribution is 5.85. The van der Waals surface area contributed by atoms with Crippen LogP contribution >= 0.6 is 0 Å². The molecule has 216 valence electrons. The monoisotopic (exact) mass is 553 g/mol. The number of aryl methyl sites for hydroxylation is 1. The number of aromatic nitrogens is 5. The predicted molar refractivity (Wildman–Crippen MR) is 151 cm³/mol. The van der Waals surface area contributed by atoms with E-state index >= 15 is 0 Å². The first-order valence-corrected chi connectivity index (χ1v) is 13.8. The highest BCUT2D eigenvalue weighted by Crippen LogP contribution is 2.23. The van der Waals surface area contributed by atoms with Gasteiger partial charge in [0.2, 0.25) is 5.91 Å². The van der Waals surface area contributed by atoms with Gasteiger partial charge >= 0.3 is 12.1 Å². The first kappa shape index (κ1) is 28.8. The molecular formula is C27H39N9O4. The minimum absolute atomic E-state index is 0.0888. The Balaban J connectivity index is 1.42. The fourth-order valence-electron chi connectivity index (χ4n) is 4.83. The minimum Gasteiger partial charge on any atom is -0.465 e. The molecule has 2 amide bonds. The number of fused-ring (bicyclic) bond motifs is 1. The molecule has 3 aromatic rings. The van der Waals surface area contributed by atoms with Gasteiger partial charge in [0.15, 0.2) is 11.5 Å². The Morgan fingerprint density at radius 2 is 1.93 bits per heavy atom. The second kappa shape index (κ2) is 12.8. The standard InChI is InChI=1S/C27H39N9O4/c1-5-7-12-40-26-32-22(28)24-30-16-20(36(24)33-26)14-19-13-18(4)23(29-15-19)34-8-10-35(11-9-34)25(37)21(17(3)6-2)31-27(38)39/h13,15-17,21,31H,5-12,14H2,1-4H3,(H,38,39)(H2,28,32,33). The summed E-state index contributed by atoms with van der Waals surface area (Å²) in [6.45, 7) is 10.7. The largest absolute Gasteiger partial charge is 0.465 e. The van der Waals surface area contributed by atoms with Crippen molar-refractivity contribution >= 4 is 29.3 Å². The summed E-state index contributed by atoms with van der Waals surface area (Å²) in [6.07, 6.45) is 5.57. The van der Waals surface area contributed by atoms with Crippen LogP contribution in [0.2, 0.25) is 0 Å². The van der Waals surface area contributed by atoms with Crippen molar-refractivity contribution in [2.45, 2.75) is 59.4 Å². The molecule has 0 spiro atoms. The number of hydrogen-bond acceptors (Lipinski definition) is 9. The molecule has 4 heterocycles. The maximum atomic E-state index is 13.1. The third-order valence-electron chi connectivity index (χ3n) is 7.31. The Morgan fingerprint density at radius 1 is 1.18 bits per heavy atom. The zero-order valence-corrected chi connectivity index (χ0v) is 23.6. The molecule has 3 aromatic heterocycles. The molecule has 2 atom stereocenters. The van der Waals surface area contributed by atoms with Gasteiger partial charge in [-0.25, -0.2) is 19.3 Å². The molecule has 13 heteroatoms. The lowest BCUT2D eigenvalue weighted by Gasteiger charge is -2.38. The summed E-state index contributed by atoms with van der Waals surface area (Å²) in [5.41, 5.74) is 9.45. The fourth-order valence-corrected chi connectivity index (χ4v) is 4.83. The molecule has 13 nitrogen and oxygen atoms in total. The second-order valence-corrected chi connectivity index (χ2v) is 10.3. The summed E-state index contributed by atoms with van der Waals surface area (Å²) in [4.78, 5) is 41.6. The summed E-state index contributed by atoms with van der Waals surface area (Å²) in [5, 5.41) is 16.1. The van der Waals surface area contributed by atoms with E-state index in [0.29, 0.717) is 51.3 Å². The lowest BCUT2D eigenvalue weighted by molar-refractivity contribution is -0.134. The molecule has 0 saturated carbocycles. The third kappa shape index (κ3) is 6.52. The fraction of sp³-hybridized carbons (Fsp3) is 0.556. The van der Waals surface area contributed by atoms with Crippen LogP contribution in [0.4, 0.5) is 16.4 Å². The van der Waals surface area contributed by atoms with Crippen LogP contribution in [0.15, 0.2) is 18.5 Å². The van der Waals surface area contributed by atoms with Crippen molar-refractivity contribution in [3.63, 3.8) is 0 Å². The van der Waals surface area contributed by atoms with E-state index in [4.69, 9.17) is 15.5 Å². The number of carbonyl (C=O) groups excluding carboxylic acids is 1. The SMILES string of the molecule is CCCCOc1nc(N)c2ncc(Cc3cnc(N4CCN(C(=O)C(NC(=O)O)C(C)CC)CC4)c(C)c3)n2n1. The van der Waals surface area contributed by atoms with Crippen LogP contribution in [0, 0.1) is 12.8 Å². The van der Waals surface area contributed by atoms with Crippen LogP contribution in [0.1, 0.15) is 56.9 Å². The van der Waals surface area contributed by atoms with Gasteiger partial charge in [0, 0.05) is 38.8 Å². The Morgan fingerprint density at radius 3 is 2.58 bits per heavy atom. The number of hydrogen-bond donors (Lipinski definition) is 3. The van der Waals surface area contributed by atoms with Gasteiger partial charge in [-0.15, -0.1) is 5.10 Å². The molecule has 0 bridgehead atoms. The molecule has 1 fully saturated rings. The topological polar surface area (TPSA) is 164 Å². The number of nitrogens with one attached hydrogen (secondary N) is 1. The van der Waals surface area contributed by atoms with E-state index in [-0.39, 0.29) is 23.7 Å². The summed E-state index contributed by atoms with van der Waals surface area (Å²) < 4.78 is 7.33. The number of nitrogens with two attached hydrogens (primary N) is 1. The van der Waals surface area contributed by atoms with Gasteiger partial charge in [-0.1, -0.05) is 39.7 Å². The minimum atomic E-state index is -1.18. The summed E-state index contributed by atoms with van der Waals surface area (Å²) in [7, 11) is 0. The van der Waals surface area contributed by atoms with E-state index in [0.717, 1.165) is 35.5 Å². The quantitative estimate of drug-likeness (QED) is 0.301. The number of unbranched alkanes of at least 4 members (excludes halogenated alkanes) is 1. The average molecular weight is 554 g/mol. The van der Waals surface area contributed by atoms with Gasteiger partial charge in [-0.3, -0.25) is 4.79 Å². The lowest BCUT2D eigenvalue weighted by Crippen LogP contribution is -2.56. The summed E-state index contributed by atoms with van der Waals surface area (Å²) in [6, 6.07) is 1.58. The first-order chi connectivity index (χ1) is 19.2. The first-order valence-electron chi connectivity index (χ1n) is 13.8. The van der Waals surface area contributed by atoms with Crippen LogP contribution in [-0.4, -0.2) is 85.4 Å². The molecule has 4 N–H and O–H groups in total. The van der Waals surface area contributed by atoms with Crippen molar-refractivity contribution in [3.8, 4) is 6.01 Å². The highest BCUT2D eigenvalue weighted by atomic mass is 16.5. The normalized spacial score (nSPS) is 15.2. The maximum absolute atomic E-state index is 13.1. The van der Waals surface area contributed by atoms with Gasteiger partial charge in [-0.05, 0) is 30.4 Å². The molecule has 2 unspecified atom stereocenters. The van der Waals surface area contributed by atoms with E-state index in [2.05, 4.69) is 38.3 Å². The number of pyridine rings is 1. The van der Waals surface area contributed by atoms with E-state index in [9.17, 15) is 14.7 Å². The molecule has 0 radical (unpaired) electrons. The molecule has 0 aliphatic carbocycles. The number of carboxylic acid groups (broad SMARTS) is 1. The number of rotatable bonds is 11. The van der Waals surface area contributed by atoms with Gasteiger partial charge in [-0.2, -0.15) is 4.98 Å². The number of anilines is 2. The van der Waals surface area contributed by atoms with E-state index in [1.54, 1.807) is 15.6 Å². The molecule has 1 saturated heterocycles. The van der Waals surface area contributed by atoms with Crippen LogP contribution in [0.25, 0.3) is 5.65 Å². The molecule has 1 aliphatic heterocycles. The van der Waals surface area contributed by atoms with Gasteiger partial charge in [0.1, 0.15) is 11.9 Å². The van der Waals surface area contributed by atoms with Crippen LogP contribution in [0.3, 0.4) is 0 Å². The van der Waals surface area contributed by atoms with Crippen molar-refractivity contribution in [1.82, 2.24) is 34.8 Å².